The Bertz CT molecular complexity index is 614. The van der Waals surface area contributed by atoms with Crippen molar-refractivity contribution in [3.05, 3.63) is 23.8 Å². The first-order chi connectivity index (χ1) is 13.3. The van der Waals surface area contributed by atoms with Crippen LogP contribution >= 0.6 is 0 Å². The van der Waals surface area contributed by atoms with E-state index in [1.54, 1.807) is 0 Å². The Morgan fingerprint density at radius 1 is 1.04 bits per heavy atom. The Hall–Kier alpha value is -1.99. The van der Waals surface area contributed by atoms with Crippen LogP contribution in [0.1, 0.15) is 25.3 Å². The highest BCUT2D eigenvalue weighted by molar-refractivity contribution is 5.79. The molecule has 150 valence electrons. The molecule has 0 spiro atoms. The molecule has 0 amide bonds. The molecule has 7 nitrogen and oxygen atoms in total. The molecule has 0 unspecified atom stereocenters. The number of ether oxygens (including phenoxy) is 2. The average molecular weight is 376 g/mol. The lowest BCUT2D eigenvalue weighted by Gasteiger charge is -2.34. The lowest BCUT2D eigenvalue weighted by atomic mass is 10.2. The number of likely N-dealkylation sites (N-methyl/N-ethyl adjacent to an activating group) is 1. The second kappa shape index (κ2) is 10.4. The smallest absolute Gasteiger partial charge is 0.231 e. The standard InChI is InChI=1S/C20H33N5O2/c1-3-24-10-12-25(13-11-24)9-5-4-8-22-20(21-2)23-15-17-6-7-18-19(14-17)27-16-26-18/h6-7,14H,3-5,8-13,15-16H2,1-2H3,(H2,21,22,23). The van der Waals surface area contributed by atoms with Crippen LogP contribution in [0, 0.1) is 0 Å². The molecule has 27 heavy (non-hydrogen) atoms. The fourth-order valence-electron chi connectivity index (χ4n) is 3.45. The topological polar surface area (TPSA) is 61.4 Å². The lowest BCUT2D eigenvalue weighted by Crippen LogP contribution is -2.46. The number of unbranched alkanes of at least 4 members (excludes halogenated alkanes) is 1. The molecule has 2 heterocycles. The molecule has 7 heteroatoms. The van der Waals surface area contributed by atoms with Gasteiger partial charge in [0, 0.05) is 46.3 Å². The largest absolute Gasteiger partial charge is 0.454 e. The second-order valence-electron chi connectivity index (χ2n) is 7.02. The van der Waals surface area contributed by atoms with Gasteiger partial charge in [-0.15, -0.1) is 0 Å². The van der Waals surface area contributed by atoms with E-state index in [2.05, 4.69) is 32.3 Å². The van der Waals surface area contributed by atoms with Gasteiger partial charge in [0.15, 0.2) is 17.5 Å². The molecule has 0 aromatic heterocycles. The molecule has 1 saturated heterocycles. The molecule has 1 fully saturated rings. The summed E-state index contributed by atoms with van der Waals surface area (Å²) < 4.78 is 10.8. The maximum Gasteiger partial charge on any atom is 0.231 e. The van der Waals surface area contributed by atoms with E-state index < -0.39 is 0 Å². The Kier molecular flexibility index (Phi) is 7.59. The predicted octanol–water partition coefficient (Wildman–Crippen LogP) is 1.50. The van der Waals surface area contributed by atoms with E-state index in [-0.39, 0.29) is 0 Å². The van der Waals surface area contributed by atoms with Gasteiger partial charge in [-0.25, -0.2) is 0 Å². The summed E-state index contributed by atoms with van der Waals surface area (Å²) in [7, 11) is 1.81. The number of nitrogens with one attached hydrogen (secondary N) is 2. The number of aliphatic imine (C=N–C) groups is 1. The normalized spacial score (nSPS) is 17.9. The van der Waals surface area contributed by atoms with Crippen molar-refractivity contribution in [2.75, 3.05) is 59.7 Å². The van der Waals surface area contributed by atoms with Gasteiger partial charge in [-0.2, -0.15) is 0 Å². The number of piperazine rings is 1. The van der Waals surface area contributed by atoms with Crippen molar-refractivity contribution in [3.63, 3.8) is 0 Å². The molecule has 0 saturated carbocycles. The molecule has 2 aliphatic rings. The maximum atomic E-state index is 5.42. The summed E-state index contributed by atoms with van der Waals surface area (Å²) >= 11 is 0. The van der Waals surface area contributed by atoms with Crippen LogP contribution in [0.3, 0.4) is 0 Å². The number of fused-ring (bicyclic) bond motifs is 1. The van der Waals surface area contributed by atoms with Gasteiger partial charge in [-0.05, 0) is 43.6 Å². The summed E-state index contributed by atoms with van der Waals surface area (Å²) in [4.78, 5) is 9.41. The van der Waals surface area contributed by atoms with Crippen LogP contribution in [-0.2, 0) is 6.54 Å². The highest BCUT2D eigenvalue weighted by Crippen LogP contribution is 2.32. The number of nitrogens with zero attached hydrogens (tertiary/aromatic N) is 3. The number of hydrogen-bond donors (Lipinski definition) is 2. The van der Waals surface area contributed by atoms with Crippen molar-refractivity contribution in [2.24, 2.45) is 4.99 Å². The average Bonchev–Trinajstić information content (AvgIpc) is 3.18. The van der Waals surface area contributed by atoms with Gasteiger partial charge < -0.3 is 29.9 Å². The van der Waals surface area contributed by atoms with Crippen molar-refractivity contribution in [3.8, 4) is 11.5 Å². The van der Waals surface area contributed by atoms with Crippen molar-refractivity contribution in [1.82, 2.24) is 20.4 Å². The molecule has 1 aromatic rings. The molecule has 3 rings (SSSR count). The van der Waals surface area contributed by atoms with Gasteiger partial charge >= 0.3 is 0 Å². The van der Waals surface area contributed by atoms with Crippen LogP contribution in [0.5, 0.6) is 11.5 Å². The predicted molar refractivity (Wildman–Crippen MR) is 109 cm³/mol. The van der Waals surface area contributed by atoms with E-state index in [9.17, 15) is 0 Å². The molecule has 2 N–H and O–H groups in total. The second-order valence-corrected chi connectivity index (χ2v) is 7.02. The minimum absolute atomic E-state index is 0.309. The van der Waals surface area contributed by atoms with Gasteiger partial charge in [-0.3, -0.25) is 4.99 Å². The van der Waals surface area contributed by atoms with E-state index in [0.29, 0.717) is 13.3 Å². The van der Waals surface area contributed by atoms with Crippen molar-refractivity contribution in [1.29, 1.82) is 0 Å². The van der Waals surface area contributed by atoms with Crippen LogP contribution in [-0.4, -0.2) is 75.4 Å². The molecule has 0 atom stereocenters. The zero-order valence-corrected chi connectivity index (χ0v) is 16.7. The van der Waals surface area contributed by atoms with Gasteiger partial charge in [0.05, 0.1) is 0 Å². The Morgan fingerprint density at radius 2 is 1.81 bits per heavy atom. The third-order valence-electron chi connectivity index (χ3n) is 5.23. The van der Waals surface area contributed by atoms with E-state index in [1.807, 2.05) is 25.2 Å². The zero-order chi connectivity index (χ0) is 18.9. The third kappa shape index (κ3) is 6.01. The van der Waals surface area contributed by atoms with Gasteiger partial charge in [0.1, 0.15) is 0 Å². The fourth-order valence-corrected chi connectivity index (χ4v) is 3.45. The molecule has 0 radical (unpaired) electrons. The van der Waals surface area contributed by atoms with Crippen LogP contribution in [0.2, 0.25) is 0 Å². The van der Waals surface area contributed by atoms with E-state index in [0.717, 1.165) is 36.0 Å². The highest BCUT2D eigenvalue weighted by atomic mass is 16.7. The fraction of sp³-hybridized carbons (Fsp3) is 0.650. The van der Waals surface area contributed by atoms with Crippen molar-refractivity contribution in [2.45, 2.75) is 26.3 Å². The van der Waals surface area contributed by atoms with Gasteiger partial charge in [-0.1, -0.05) is 13.0 Å². The highest BCUT2D eigenvalue weighted by Gasteiger charge is 2.15. The molecule has 0 aliphatic carbocycles. The van der Waals surface area contributed by atoms with Crippen LogP contribution in [0.4, 0.5) is 0 Å². The van der Waals surface area contributed by atoms with E-state index >= 15 is 0 Å². The lowest BCUT2D eigenvalue weighted by molar-refractivity contribution is 0.136. The van der Waals surface area contributed by atoms with Crippen LogP contribution in [0.15, 0.2) is 23.2 Å². The Balaban J connectivity index is 1.28. The molecular formula is C20H33N5O2. The Labute approximate surface area is 162 Å². The summed E-state index contributed by atoms with van der Waals surface area (Å²) in [5.74, 6) is 2.47. The third-order valence-corrected chi connectivity index (χ3v) is 5.23. The molecule has 1 aromatic carbocycles. The minimum Gasteiger partial charge on any atom is -0.454 e. The number of benzene rings is 1. The number of guanidine groups is 1. The SMILES string of the molecule is CCN1CCN(CCCCNC(=NC)NCc2ccc3c(c2)OCO3)CC1. The summed E-state index contributed by atoms with van der Waals surface area (Å²) in [5.41, 5.74) is 1.15. The first-order valence-corrected chi connectivity index (χ1v) is 10.1. The first kappa shape index (κ1) is 19.8. The Morgan fingerprint density at radius 3 is 2.59 bits per heavy atom. The summed E-state index contributed by atoms with van der Waals surface area (Å²) in [6, 6.07) is 6.02. The van der Waals surface area contributed by atoms with E-state index in [4.69, 9.17) is 9.47 Å². The number of rotatable bonds is 8. The van der Waals surface area contributed by atoms with E-state index in [1.165, 1.54) is 45.7 Å². The molecular weight excluding hydrogens is 342 g/mol. The summed E-state index contributed by atoms with van der Waals surface area (Å²) in [6.45, 7) is 11.4. The number of hydrogen-bond acceptors (Lipinski definition) is 5. The van der Waals surface area contributed by atoms with Gasteiger partial charge in [0.25, 0.3) is 0 Å². The first-order valence-electron chi connectivity index (χ1n) is 10.1. The summed E-state index contributed by atoms with van der Waals surface area (Å²) in [6.07, 6.45) is 2.37. The van der Waals surface area contributed by atoms with Crippen LogP contribution in [0.25, 0.3) is 0 Å². The molecule has 2 aliphatic heterocycles. The maximum absolute atomic E-state index is 5.42. The monoisotopic (exact) mass is 375 g/mol. The zero-order valence-electron chi connectivity index (χ0n) is 16.7. The summed E-state index contributed by atoms with van der Waals surface area (Å²) in [5, 5.41) is 6.76. The van der Waals surface area contributed by atoms with Gasteiger partial charge in [0.2, 0.25) is 6.79 Å². The minimum atomic E-state index is 0.309. The van der Waals surface area contributed by atoms with Crippen molar-refractivity contribution >= 4 is 5.96 Å². The van der Waals surface area contributed by atoms with Crippen molar-refractivity contribution < 1.29 is 9.47 Å². The molecule has 0 bridgehead atoms. The quantitative estimate of drug-likeness (QED) is 0.408. The van der Waals surface area contributed by atoms with Crippen LogP contribution < -0.4 is 20.1 Å².